The number of allylic oxidation sites excluding steroid dienone is 5. The summed E-state index contributed by atoms with van der Waals surface area (Å²) < 4.78 is 0. The van der Waals surface area contributed by atoms with Crippen LogP contribution >= 0.6 is 0 Å². The molecule has 2 heteroatoms. The van der Waals surface area contributed by atoms with Gasteiger partial charge in [0.25, 0.3) is 0 Å². The molecule has 0 bridgehead atoms. The van der Waals surface area contributed by atoms with Gasteiger partial charge in [-0.05, 0) is 138 Å². The maximum Gasteiger partial charge on any atom is 0.161 e. The summed E-state index contributed by atoms with van der Waals surface area (Å²) in [6.45, 7) is 20.0. The molecular weight excluding hydrogens is 474 g/mol. The highest BCUT2D eigenvalue weighted by Crippen LogP contribution is 2.75. The smallest absolute Gasteiger partial charge is 0.161 e. The van der Waals surface area contributed by atoms with Crippen LogP contribution in [0.2, 0.25) is 0 Å². The number of fused-ring (bicyclic) bond motifs is 7. The Morgan fingerprint density at radius 1 is 0.923 bits per heavy atom. The molecule has 0 radical (unpaired) electrons. The van der Waals surface area contributed by atoms with Crippen molar-refractivity contribution in [3.8, 4) is 0 Å². The fraction of sp³-hybridized carbons (Fsp3) is 0.811. The second-order valence-corrected chi connectivity index (χ2v) is 16.7. The van der Waals surface area contributed by atoms with E-state index in [1.165, 1.54) is 69.8 Å². The molecule has 6 aliphatic carbocycles. The lowest BCUT2D eigenvalue weighted by Gasteiger charge is -2.71. The topological polar surface area (TPSA) is 43.1 Å². The number of rotatable bonds is 3. The third-order valence-electron chi connectivity index (χ3n) is 14.5. The summed E-state index contributed by atoms with van der Waals surface area (Å²) in [6.07, 6.45) is 19.7. The first kappa shape index (κ1) is 28.0. The molecule has 0 heterocycles. The maximum atomic E-state index is 13.3. The molecule has 6 aliphatic rings. The Morgan fingerprint density at radius 3 is 2.31 bits per heavy atom. The minimum atomic E-state index is -0.375. The quantitative estimate of drug-likeness (QED) is 0.394. The number of hydrogen-bond acceptors (Lipinski definition) is 2. The zero-order valence-corrected chi connectivity index (χ0v) is 26.5. The van der Waals surface area contributed by atoms with E-state index in [-0.39, 0.29) is 22.3 Å². The van der Waals surface area contributed by atoms with Gasteiger partial charge < -0.3 is 5.73 Å². The van der Waals surface area contributed by atoms with Crippen molar-refractivity contribution in [3.63, 3.8) is 0 Å². The number of nitrogens with two attached hydrogens (primary N) is 1. The summed E-state index contributed by atoms with van der Waals surface area (Å²) in [5, 5.41) is 0. The molecule has 0 aromatic carbocycles. The largest absolute Gasteiger partial charge is 0.321 e. The number of ketones is 1. The highest BCUT2D eigenvalue weighted by molar-refractivity contribution is 6.01. The second kappa shape index (κ2) is 8.92. The van der Waals surface area contributed by atoms with Gasteiger partial charge in [-0.25, -0.2) is 0 Å². The molecule has 216 valence electrons. The Morgan fingerprint density at radius 2 is 1.67 bits per heavy atom. The fourth-order valence-corrected chi connectivity index (χ4v) is 12.3. The van der Waals surface area contributed by atoms with E-state index in [0.29, 0.717) is 29.0 Å². The van der Waals surface area contributed by atoms with Crippen molar-refractivity contribution in [2.24, 2.45) is 57.0 Å². The Bertz CT molecular complexity index is 1150. The zero-order chi connectivity index (χ0) is 28.2. The van der Waals surface area contributed by atoms with Gasteiger partial charge in [0.05, 0.1) is 0 Å². The van der Waals surface area contributed by atoms with Gasteiger partial charge in [-0.1, -0.05) is 74.0 Å². The summed E-state index contributed by atoms with van der Waals surface area (Å²) >= 11 is 0. The molecule has 39 heavy (non-hydrogen) atoms. The molecule has 2 N–H and O–H groups in total. The zero-order valence-electron chi connectivity index (χ0n) is 26.5. The normalized spacial score (nSPS) is 47.2. The van der Waals surface area contributed by atoms with E-state index in [4.69, 9.17) is 5.73 Å². The lowest BCUT2D eigenvalue weighted by atomic mass is 9.33. The molecule has 0 aromatic rings. The lowest BCUT2D eigenvalue weighted by Crippen LogP contribution is -2.65. The van der Waals surface area contributed by atoms with Gasteiger partial charge in [-0.15, -0.1) is 0 Å². The van der Waals surface area contributed by atoms with E-state index >= 15 is 0 Å². The SMILES string of the molecule is CCC1CC=C(C2=CC[C@]3(C)[C@H]4CC[C@@H]5C6=C(C(C)C)C(=O)C[C@]6(N)CC[C@@]5(C)[C@]4(C)CC[C@H]3C2(C)C)CC1. The Balaban J connectivity index is 1.37. The van der Waals surface area contributed by atoms with E-state index in [1.54, 1.807) is 11.1 Å². The Kier molecular flexibility index (Phi) is 6.41. The number of carbonyl (C=O) groups is 1. The van der Waals surface area contributed by atoms with Crippen molar-refractivity contribution in [3.05, 3.63) is 34.4 Å². The summed E-state index contributed by atoms with van der Waals surface area (Å²) in [5.74, 6) is 3.47. The van der Waals surface area contributed by atoms with Crippen molar-refractivity contribution in [1.82, 2.24) is 0 Å². The van der Waals surface area contributed by atoms with Gasteiger partial charge in [0.2, 0.25) is 0 Å². The molecular formula is C37H57NO. The van der Waals surface area contributed by atoms with Crippen LogP contribution in [0.3, 0.4) is 0 Å². The molecule has 6 rings (SSSR count). The van der Waals surface area contributed by atoms with Crippen molar-refractivity contribution in [2.75, 3.05) is 0 Å². The molecule has 0 aromatic heterocycles. The number of Topliss-reactive ketones (excluding diaryl/α,β-unsaturated/α-hetero) is 1. The predicted molar refractivity (Wildman–Crippen MR) is 163 cm³/mol. The minimum Gasteiger partial charge on any atom is -0.321 e. The van der Waals surface area contributed by atoms with Crippen LogP contribution in [0.5, 0.6) is 0 Å². The first-order chi connectivity index (χ1) is 18.2. The standard InChI is InChI=1S/C37H57NO/c1-9-24-10-12-25(13-11-24)26-16-18-34(6)29(33(26,4)5)17-19-36(8)30(34)15-14-27-32-31(23(2)3)28(39)22-37(32,38)21-20-35(27,36)7/h12,16,23-24,27,29-30H,9-11,13-15,17-22,38H2,1-8H3/t24?,27-,29+,30-,34+,35-,36-,37-/m1/s1. The highest BCUT2D eigenvalue weighted by atomic mass is 16.1. The third kappa shape index (κ3) is 3.64. The molecule has 1 unspecified atom stereocenters. The van der Waals surface area contributed by atoms with Gasteiger partial charge in [-0.2, -0.15) is 0 Å². The molecule has 8 atom stereocenters. The van der Waals surface area contributed by atoms with Crippen LogP contribution in [-0.2, 0) is 4.79 Å². The average molecular weight is 532 g/mol. The van der Waals surface area contributed by atoms with Crippen molar-refractivity contribution < 1.29 is 4.79 Å². The van der Waals surface area contributed by atoms with E-state index in [0.717, 1.165) is 29.7 Å². The second-order valence-electron chi connectivity index (χ2n) is 16.7. The van der Waals surface area contributed by atoms with Crippen LogP contribution in [0.4, 0.5) is 0 Å². The van der Waals surface area contributed by atoms with Crippen LogP contribution in [-0.4, -0.2) is 11.3 Å². The fourth-order valence-electron chi connectivity index (χ4n) is 12.3. The third-order valence-corrected chi connectivity index (χ3v) is 14.5. The average Bonchev–Trinajstić information content (AvgIpc) is 3.14. The molecule has 0 aliphatic heterocycles. The molecule has 3 saturated carbocycles. The summed E-state index contributed by atoms with van der Waals surface area (Å²) in [4.78, 5) is 13.3. The van der Waals surface area contributed by atoms with Gasteiger partial charge in [0.15, 0.2) is 5.78 Å². The van der Waals surface area contributed by atoms with E-state index in [9.17, 15) is 4.79 Å². The van der Waals surface area contributed by atoms with E-state index < -0.39 is 0 Å². The highest BCUT2D eigenvalue weighted by Gasteiger charge is 2.69. The van der Waals surface area contributed by atoms with E-state index in [1.807, 2.05) is 0 Å². The maximum absolute atomic E-state index is 13.3. The number of carbonyl (C=O) groups excluding carboxylic acids is 1. The van der Waals surface area contributed by atoms with Crippen LogP contribution < -0.4 is 5.73 Å². The number of hydrogen-bond donors (Lipinski definition) is 1. The molecule has 3 fully saturated rings. The van der Waals surface area contributed by atoms with Crippen molar-refractivity contribution in [1.29, 1.82) is 0 Å². The van der Waals surface area contributed by atoms with Crippen LogP contribution in [0, 0.1) is 51.2 Å². The minimum absolute atomic E-state index is 0.224. The van der Waals surface area contributed by atoms with Gasteiger partial charge in [0.1, 0.15) is 0 Å². The summed E-state index contributed by atoms with van der Waals surface area (Å²) in [5.41, 5.74) is 13.8. The van der Waals surface area contributed by atoms with Gasteiger partial charge in [0, 0.05) is 12.0 Å². The van der Waals surface area contributed by atoms with Crippen LogP contribution in [0.1, 0.15) is 132 Å². The van der Waals surface area contributed by atoms with Crippen LogP contribution in [0.15, 0.2) is 34.4 Å². The predicted octanol–water partition coefficient (Wildman–Crippen LogP) is 9.35. The molecule has 2 nitrogen and oxygen atoms in total. The van der Waals surface area contributed by atoms with Crippen LogP contribution in [0.25, 0.3) is 0 Å². The monoisotopic (exact) mass is 531 g/mol. The van der Waals surface area contributed by atoms with Crippen molar-refractivity contribution >= 4 is 5.78 Å². The lowest BCUT2D eigenvalue weighted by molar-refractivity contribution is -0.195. The Hall–Kier alpha value is -1.15. The molecule has 0 saturated heterocycles. The van der Waals surface area contributed by atoms with Crippen molar-refractivity contribution in [2.45, 2.75) is 138 Å². The Labute approximate surface area is 239 Å². The van der Waals surface area contributed by atoms with E-state index in [2.05, 4.69) is 67.5 Å². The summed E-state index contributed by atoms with van der Waals surface area (Å²) in [7, 11) is 0. The molecule has 0 spiro atoms. The molecule has 0 amide bonds. The first-order valence-electron chi connectivity index (χ1n) is 16.7. The summed E-state index contributed by atoms with van der Waals surface area (Å²) in [6, 6.07) is 0. The van der Waals surface area contributed by atoms with Gasteiger partial charge >= 0.3 is 0 Å². The van der Waals surface area contributed by atoms with Gasteiger partial charge in [-0.3, -0.25) is 4.79 Å². The first-order valence-corrected chi connectivity index (χ1v) is 16.7.